The van der Waals surface area contributed by atoms with Crippen molar-refractivity contribution in [3.05, 3.63) is 11.8 Å². The largest absolute Gasteiger partial charge is 0.316 e. The smallest absolute Gasteiger partial charge is 0.260 e. The van der Waals surface area contributed by atoms with E-state index in [9.17, 15) is 8.42 Å². The monoisotopic (exact) mass is 301 g/mol. The van der Waals surface area contributed by atoms with E-state index in [-0.39, 0.29) is 11.1 Å². The zero-order valence-corrected chi connectivity index (χ0v) is 13.1. The molecule has 20 heavy (non-hydrogen) atoms. The van der Waals surface area contributed by atoms with Gasteiger partial charge >= 0.3 is 0 Å². The highest BCUT2D eigenvalue weighted by atomic mass is 32.2. The van der Waals surface area contributed by atoms with Gasteiger partial charge in [0.25, 0.3) is 10.0 Å². The minimum absolute atomic E-state index is 0.0423. The summed E-state index contributed by atoms with van der Waals surface area (Å²) in [4.78, 5) is 2.03. The molecule has 114 valence electrons. The van der Waals surface area contributed by atoms with Crippen LogP contribution in [0.25, 0.3) is 0 Å². The molecule has 2 rings (SSSR count). The third-order valence-corrected chi connectivity index (χ3v) is 5.48. The zero-order valence-electron chi connectivity index (χ0n) is 12.3. The van der Waals surface area contributed by atoms with E-state index >= 15 is 0 Å². The predicted octanol–water partition coefficient (Wildman–Crippen LogP) is -0.156. The Morgan fingerprint density at radius 1 is 1.55 bits per heavy atom. The summed E-state index contributed by atoms with van der Waals surface area (Å²) < 4.78 is 27.2. The standard InChI is InChI=1S/C12H23N5O2S/c1-13-7-10-8-14-15-12(10)20(18,19)17-6-4-5-11(17)9-16(2)3/h8,11,13H,4-7,9H2,1-3H3,(H,14,15). The maximum absolute atomic E-state index is 12.8. The van der Waals surface area contributed by atoms with E-state index in [1.807, 2.05) is 19.0 Å². The molecule has 1 aromatic heterocycles. The summed E-state index contributed by atoms with van der Waals surface area (Å²) in [6.07, 6.45) is 3.39. The Labute approximate surface area is 120 Å². The van der Waals surface area contributed by atoms with Crippen LogP contribution >= 0.6 is 0 Å². The molecule has 1 saturated heterocycles. The van der Waals surface area contributed by atoms with Gasteiger partial charge in [0.1, 0.15) is 0 Å². The molecule has 7 nitrogen and oxygen atoms in total. The lowest BCUT2D eigenvalue weighted by Gasteiger charge is -2.26. The van der Waals surface area contributed by atoms with Crippen LogP contribution in [0.2, 0.25) is 0 Å². The number of likely N-dealkylation sites (N-methyl/N-ethyl adjacent to an activating group) is 1. The van der Waals surface area contributed by atoms with E-state index in [1.165, 1.54) is 0 Å². The molecule has 1 fully saturated rings. The molecular weight excluding hydrogens is 278 g/mol. The van der Waals surface area contributed by atoms with Crippen molar-refractivity contribution in [1.29, 1.82) is 0 Å². The van der Waals surface area contributed by atoms with Gasteiger partial charge in [-0.25, -0.2) is 8.42 Å². The molecule has 0 aliphatic carbocycles. The number of hydrogen-bond acceptors (Lipinski definition) is 5. The number of H-pyrrole nitrogens is 1. The van der Waals surface area contributed by atoms with Crippen molar-refractivity contribution in [2.24, 2.45) is 0 Å². The minimum Gasteiger partial charge on any atom is -0.316 e. The first-order valence-corrected chi connectivity index (χ1v) is 8.24. The summed E-state index contributed by atoms with van der Waals surface area (Å²) >= 11 is 0. The number of hydrogen-bond donors (Lipinski definition) is 2. The Balaban J connectivity index is 2.27. The summed E-state index contributed by atoms with van der Waals surface area (Å²) in [5, 5.41) is 9.72. The maximum Gasteiger partial charge on any atom is 0.260 e. The molecule has 0 saturated carbocycles. The average Bonchev–Trinajstić information content (AvgIpc) is 2.98. The summed E-state index contributed by atoms with van der Waals surface area (Å²) in [5.74, 6) is 0. The number of nitrogens with zero attached hydrogens (tertiary/aromatic N) is 3. The van der Waals surface area contributed by atoms with Crippen LogP contribution in [0.15, 0.2) is 11.2 Å². The van der Waals surface area contributed by atoms with Crippen molar-refractivity contribution in [3.8, 4) is 0 Å². The molecule has 1 unspecified atom stereocenters. The van der Waals surface area contributed by atoms with Crippen molar-refractivity contribution >= 4 is 10.0 Å². The minimum atomic E-state index is -3.49. The molecule has 1 aromatic rings. The molecule has 0 aromatic carbocycles. The zero-order chi connectivity index (χ0) is 14.8. The van der Waals surface area contributed by atoms with Crippen LogP contribution in [0.3, 0.4) is 0 Å². The summed E-state index contributed by atoms with van der Waals surface area (Å²) in [5.41, 5.74) is 0.683. The van der Waals surface area contributed by atoms with Gasteiger partial charge in [-0.1, -0.05) is 0 Å². The summed E-state index contributed by atoms with van der Waals surface area (Å²) in [6, 6.07) is 0.0423. The third kappa shape index (κ3) is 3.03. The number of aromatic nitrogens is 2. The fourth-order valence-corrected chi connectivity index (χ4v) is 4.48. The SMILES string of the molecule is CNCc1cn[nH]c1S(=O)(=O)N1CCCC1CN(C)C. The van der Waals surface area contributed by atoms with Gasteiger partial charge < -0.3 is 10.2 Å². The molecule has 1 atom stereocenters. The van der Waals surface area contributed by atoms with Crippen molar-refractivity contribution in [2.75, 3.05) is 34.2 Å². The van der Waals surface area contributed by atoms with E-state index in [1.54, 1.807) is 17.5 Å². The molecule has 0 spiro atoms. The predicted molar refractivity (Wildman–Crippen MR) is 76.8 cm³/mol. The lowest BCUT2D eigenvalue weighted by Crippen LogP contribution is -2.41. The second-order valence-electron chi connectivity index (χ2n) is 5.43. The van der Waals surface area contributed by atoms with Crippen molar-refractivity contribution in [3.63, 3.8) is 0 Å². The van der Waals surface area contributed by atoms with Crippen LogP contribution < -0.4 is 5.32 Å². The number of aromatic amines is 1. The van der Waals surface area contributed by atoms with E-state index in [4.69, 9.17) is 0 Å². The topological polar surface area (TPSA) is 81.3 Å². The normalized spacial score (nSPS) is 20.9. The van der Waals surface area contributed by atoms with Gasteiger partial charge in [0.15, 0.2) is 5.03 Å². The highest BCUT2D eigenvalue weighted by Crippen LogP contribution is 2.27. The number of nitrogens with one attached hydrogen (secondary N) is 2. The number of rotatable bonds is 6. The molecule has 0 amide bonds. The molecule has 8 heteroatoms. The first-order valence-electron chi connectivity index (χ1n) is 6.80. The molecule has 2 N–H and O–H groups in total. The maximum atomic E-state index is 12.8. The molecule has 0 radical (unpaired) electrons. The molecule has 1 aliphatic heterocycles. The van der Waals surface area contributed by atoms with Gasteiger partial charge in [-0.2, -0.15) is 9.40 Å². The Hall–Kier alpha value is -0.960. The fourth-order valence-electron chi connectivity index (χ4n) is 2.69. The van der Waals surface area contributed by atoms with Gasteiger partial charge in [0.05, 0.1) is 6.20 Å². The Morgan fingerprint density at radius 2 is 2.30 bits per heavy atom. The second kappa shape index (κ2) is 6.21. The summed E-state index contributed by atoms with van der Waals surface area (Å²) in [7, 11) is 2.22. The average molecular weight is 301 g/mol. The fraction of sp³-hybridized carbons (Fsp3) is 0.750. The van der Waals surface area contributed by atoms with Crippen LogP contribution in [0.5, 0.6) is 0 Å². The molecular formula is C12H23N5O2S. The molecule has 1 aliphatic rings. The van der Waals surface area contributed by atoms with Gasteiger partial charge in [-0.3, -0.25) is 5.10 Å². The van der Waals surface area contributed by atoms with Crippen LogP contribution in [0.1, 0.15) is 18.4 Å². The Morgan fingerprint density at radius 3 is 2.95 bits per heavy atom. The molecule has 0 bridgehead atoms. The van der Waals surface area contributed by atoms with Crippen LogP contribution in [0, 0.1) is 0 Å². The highest BCUT2D eigenvalue weighted by molar-refractivity contribution is 7.89. The first-order chi connectivity index (χ1) is 9.46. The van der Waals surface area contributed by atoms with Gasteiger partial charge in [-0.05, 0) is 34.0 Å². The quantitative estimate of drug-likeness (QED) is 0.763. The van der Waals surface area contributed by atoms with Gasteiger partial charge in [0.2, 0.25) is 0 Å². The lowest BCUT2D eigenvalue weighted by atomic mass is 10.2. The van der Waals surface area contributed by atoms with Crippen LogP contribution in [0.4, 0.5) is 0 Å². The van der Waals surface area contributed by atoms with Crippen molar-refractivity contribution in [1.82, 2.24) is 24.7 Å². The van der Waals surface area contributed by atoms with Gasteiger partial charge in [0, 0.05) is 31.2 Å². The Bertz CT molecular complexity index is 540. The van der Waals surface area contributed by atoms with E-state index in [0.29, 0.717) is 18.7 Å². The molecule has 2 heterocycles. The van der Waals surface area contributed by atoms with E-state index in [2.05, 4.69) is 15.5 Å². The first kappa shape index (κ1) is 15.4. The van der Waals surface area contributed by atoms with Crippen LogP contribution in [-0.2, 0) is 16.6 Å². The van der Waals surface area contributed by atoms with E-state index < -0.39 is 10.0 Å². The third-order valence-electron chi connectivity index (χ3n) is 3.51. The number of sulfonamides is 1. The highest BCUT2D eigenvalue weighted by Gasteiger charge is 2.37. The van der Waals surface area contributed by atoms with Gasteiger partial charge in [-0.15, -0.1) is 0 Å². The van der Waals surface area contributed by atoms with Crippen molar-refractivity contribution < 1.29 is 8.42 Å². The lowest BCUT2D eigenvalue weighted by molar-refractivity contribution is 0.290. The summed E-state index contributed by atoms with van der Waals surface area (Å²) in [6.45, 7) is 1.81. The Kier molecular flexibility index (Phi) is 4.79. The van der Waals surface area contributed by atoms with Crippen LogP contribution in [-0.4, -0.2) is 68.1 Å². The second-order valence-corrected chi connectivity index (χ2v) is 7.26. The van der Waals surface area contributed by atoms with Crippen molar-refractivity contribution in [2.45, 2.75) is 30.5 Å². The van der Waals surface area contributed by atoms with E-state index in [0.717, 1.165) is 19.4 Å².